The molecular formula is C12H16N2O4. The van der Waals surface area contributed by atoms with Gasteiger partial charge in [-0.3, -0.25) is 9.78 Å². The van der Waals surface area contributed by atoms with Crippen LogP contribution < -0.4 is 0 Å². The van der Waals surface area contributed by atoms with Crippen LogP contribution in [0.1, 0.15) is 34.2 Å². The number of rotatable bonds is 6. The summed E-state index contributed by atoms with van der Waals surface area (Å²) in [5.41, 5.74) is -0.214. The van der Waals surface area contributed by atoms with Crippen LogP contribution in [0.3, 0.4) is 0 Å². The number of carbonyl (C=O) groups is 2. The molecule has 6 heteroatoms. The fraction of sp³-hybridized carbons (Fsp3) is 0.417. The van der Waals surface area contributed by atoms with Gasteiger partial charge in [0.25, 0.3) is 5.91 Å². The summed E-state index contributed by atoms with van der Waals surface area (Å²) in [6.45, 7) is 2.35. The third kappa shape index (κ3) is 3.27. The van der Waals surface area contributed by atoms with Gasteiger partial charge in [-0.25, -0.2) is 4.79 Å². The second-order valence-electron chi connectivity index (χ2n) is 3.72. The molecule has 6 nitrogen and oxygen atoms in total. The lowest BCUT2D eigenvalue weighted by molar-refractivity contribution is 0.0662. The largest absolute Gasteiger partial charge is 0.478 e. The van der Waals surface area contributed by atoms with Gasteiger partial charge < -0.3 is 15.1 Å². The highest BCUT2D eigenvalue weighted by Gasteiger charge is 2.22. The first-order chi connectivity index (χ1) is 8.61. The Balaban J connectivity index is 3.04. The van der Waals surface area contributed by atoms with E-state index in [4.69, 9.17) is 10.2 Å². The van der Waals surface area contributed by atoms with Gasteiger partial charge in [-0.1, -0.05) is 6.92 Å². The Bertz CT molecular complexity index is 428. The van der Waals surface area contributed by atoms with Crippen molar-refractivity contribution in [2.75, 3.05) is 19.7 Å². The molecule has 1 aromatic heterocycles. The van der Waals surface area contributed by atoms with Gasteiger partial charge in [0.1, 0.15) is 5.69 Å². The van der Waals surface area contributed by atoms with Gasteiger partial charge in [-0.15, -0.1) is 0 Å². The highest BCUT2D eigenvalue weighted by molar-refractivity contribution is 6.03. The van der Waals surface area contributed by atoms with Crippen LogP contribution in [-0.2, 0) is 0 Å². The molecule has 98 valence electrons. The van der Waals surface area contributed by atoms with Crippen molar-refractivity contribution in [2.24, 2.45) is 0 Å². The Labute approximate surface area is 105 Å². The highest BCUT2D eigenvalue weighted by Crippen LogP contribution is 2.09. The first-order valence-corrected chi connectivity index (χ1v) is 5.70. The summed E-state index contributed by atoms with van der Waals surface area (Å²) in [4.78, 5) is 28.4. The van der Waals surface area contributed by atoms with Crippen LogP contribution >= 0.6 is 0 Å². The Kier molecular flexibility index (Phi) is 5.26. The average molecular weight is 252 g/mol. The SMILES string of the molecule is CCCN(CCO)C(=O)c1ncccc1C(=O)O. The molecule has 0 fully saturated rings. The minimum absolute atomic E-state index is 0.0908. The topological polar surface area (TPSA) is 90.7 Å². The molecule has 0 unspecified atom stereocenters. The summed E-state index contributed by atoms with van der Waals surface area (Å²) in [5, 5.41) is 17.9. The van der Waals surface area contributed by atoms with Gasteiger partial charge in [-0.05, 0) is 18.6 Å². The van der Waals surface area contributed by atoms with E-state index in [0.29, 0.717) is 6.54 Å². The monoisotopic (exact) mass is 252 g/mol. The molecule has 18 heavy (non-hydrogen) atoms. The zero-order valence-electron chi connectivity index (χ0n) is 10.2. The molecule has 1 amide bonds. The lowest BCUT2D eigenvalue weighted by Gasteiger charge is -2.21. The molecule has 1 heterocycles. The van der Waals surface area contributed by atoms with Crippen LogP contribution in [0.5, 0.6) is 0 Å². The molecule has 0 spiro atoms. The molecule has 0 aromatic carbocycles. The van der Waals surface area contributed by atoms with Gasteiger partial charge >= 0.3 is 5.97 Å². The molecule has 2 N–H and O–H groups in total. The summed E-state index contributed by atoms with van der Waals surface area (Å²) < 4.78 is 0. The number of aromatic carboxylic acids is 1. The number of hydrogen-bond donors (Lipinski definition) is 2. The molecule has 0 aliphatic rings. The number of amides is 1. The molecular weight excluding hydrogens is 236 g/mol. The summed E-state index contributed by atoms with van der Waals surface area (Å²) in [6.07, 6.45) is 2.10. The lowest BCUT2D eigenvalue weighted by Crippen LogP contribution is -2.35. The van der Waals surface area contributed by atoms with E-state index in [2.05, 4.69) is 4.98 Å². The van der Waals surface area contributed by atoms with E-state index in [1.807, 2.05) is 6.92 Å². The van der Waals surface area contributed by atoms with Crippen molar-refractivity contribution in [3.63, 3.8) is 0 Å². The van der Waals surface area contributed by atoms with E-state index in [0.717, 1.165) is 6.42 Å². The van der Waals surface area contributed by atoms with E-state index in [1.165, 1.54) is 23.2 Å². The maximum atomic E-state index is 12.1. The summed E-state index contributed by atoms with van der Waals surface area (Å²) >= 11 is 0. The summed E-state index contributed by atoms with van der Waals surface area (Å²) in [7, 11) is 0. The number of carbonyl (C=O) groups excluding carboxylic acids is 1. The molecule has 0 aliphatic heterocycles. The van der Waals surface area contributed by atoms with Crippen molar-refractivity contribution >= 4 is 11.9 Å². The van der Waals surface area contributed by atoms with Crippen LogP contribution in [0.15, 0.2) is 18.3 Å². The molecule has 0 atom stereocenters. The Morgan fingerprint density at radius 2 is 2.11 bits per heavy atom. The number of nitrogens with zero attached hydrogens (tertiary/aromatic N) is 2. The normalized spacial score (nSPS) is 10.1. The van der Waals surface area contributed by atoms with E-state index in [1.54, 1.807) is 0 Å². The Morgan fingerprint density at radius 1 is 1.39 bits per heavy atom. The highest BCUT2D eigenvalue weighted by atomic mass is 16.4. The van der Waals surface area contributed by atoms with Crippen molar-refractivity contribution < 1.29 is 19.8 Å². The second kappa shape index (κ2) is 6.70. The van der Waals surface area contributed by atoms with Crippen molar-refractivity contribution in [2.45, 2.75) is 13.3 Å². The molecule has 1 aromatic rings. The van der Waals surface area contributed by atoms with Gasteiger partial charge in [0.2, 0.25) is 0 Å². The first-order valence-electron chi connectivity index (χ1n) is 5.70. The number of pyridine rings is 1. The minimum atomic E-state index is -1.19. The molecule has 0 bridgehead atoms. The Hall–Kier alpha value is -1.95. The smallest absolute Gasteiger partial charge is 0.338 e. The first kappa shape index (κ1) is 14.1. The van der Waals surface area contributed by atoms with Crippen molar-refractivity contribution in [1.82, 2.24) is 9.88 Å². The Morgan fingerprint density at radius 3 is 2.67 bits per heavy atom. The van der Waals surface area contributed by atoms with E-state index >= 15 is 0 Å². The number of hydrogen-bond acceptors (Lipinski definition) is 4. The van der Waals surface area contributed by atoms with Crippen LogP contribution in [0.4, 0.5) is 0 Å². The van der Waals surface area contributed by atoms with Gasteiger partial charge in [0.15, 0.2) is 0 Å². The second-order valence-corrected chi connectivity index (χ2v) is 3.72. The quantitative estimate of drug-likeness (QED) is 0.774. The van der Waals surface area contributed by atoms with Crippen LogP contribution in [0.25, 0.3) is 0 Å². The fourth-order valence-electron chi connectivity index (χ4n) is 1.60. The van der Waals surface area contributed by atoms with Crippen LogP contribution in [0.2, 0.25) is 0 Å². The number of carboxylic acids is 1. The molecule has 0 radical (unpaired) electrons. The van der Waals surface area contributed by atoms with Crippen LogP contribution in [-0.4, -0.2) is 51.7 Å². The summed E-state index contributed by atoms with van der Waals surface area (Å²) in [6, 6.07) is 2.81. The van der Waals surface area contributed by atoms with Crippen molar-refractivity contribution in [3.05, 3.63) is 29.6 Å². The van der Waals surface area contributed by atoms with Crippen molar-refractivity contribution in [3.8, 4) is 0 Å². The molecule has 0 saturated heterocycles. The average Bonchev–Trinajstić information content (AvgIpc) is 2.37. The zero-order valence-corrected chi connectivity index (χ0v) is 10.2. The fourth-order valence-corrected chi connectivity index (χ4v) is 1.60. The molecule has 1 rings (SSSR count). The third-order valence-electron chi connectivity index (χ3n) is 2.39. The van der Waals surface area contributed by atoms with E-state index < -0.39 is 11.9 Å². The molecule has 0 aliphatic carbocycles. The molecule has 0 saturated carbocycles. The maximum absolute atomic E-state index is 12.1. The number of aromatic nitrogens is 1. The van der Waals surface area contributed by atoms with Gasteiger partial charge in [0.05, 0.1) is 12.2 Å². The number of carboxylic acid groups (broad SMARTS) is 1. The third-order valence-corrected chi connectivity index (χ3v) is 2.39. The number of aliphatic hydroxyl groups is 1. The standard InChI is InChI=1S/C12H16N2O4/c1-2-6-14(7-8-15)11(16)10-9(12(17)18)4-3-5-13-10/h3-5,15H,2,6-8H2,1H3,(H,17,18). The zero-order chi connectivity index (χ0) is 13.5. The maximum Gasteiger partial charge on any atom is 0.338 e. The van der Waals surface area contributed by atoms with E-state index in [-0.39, 0.29) is 24.4 Å². The number of aliphatic hydroxyl groups excluding tert-OH is 1. The van der Waals surface area contributed by atoms with Gasteiger partial charge in [-0.2, -0.15) is 0 Å². The van der Waals surface area contributed by atoms with Crippen LogP contribution in [0, 0.1) is 0 Å². The lowest BCUT2D eigenvalue weighted by atomic mass is 10.1. The predicted molar refractivity (Wildman–Crippen MR) is 64.5 cm³/mol. The predicted octanol–water partition coefficient (Wildman–Crippen LogP) is 0.624. The van der Waals surface area contributed by atoms with E-state index in [9.17, 15) is 9.59 Å². The summed E-state index contributed by atoms with van der Waals surface area (Å²) in [5.74, 6) is -1.66. The van der Waals surface area contributed by atoms with Gasteiger partial charge in [0, 0.05) is 19.3 Å². The minimum Gasteiger partial charge on any atom is -0.478 e. The van der Waals surface area contributed by atoms with Crippen molar-refractivity contribution in [1.29, 1.82) is 0 Å².